The average Bonchev–Trinajstić information content (AvgIpc) is 3.11. The van der Waals surface area contributed by atoms with Crippen molar-refractivity contribution >= 4 is 5.97 Å². The molecule has 110 valence electrons. The number of esters is 1. The highest BCUT2D eigenvalue weighted by Gasteiger charge is 2.57. The van der Waals surface area contributed by atoms with E-state index in [-0.39, 0.29) is 5.97 Å². The normalized spacial score (nSPS) is 15.8. The van der Waals surface area contributed by atoms with Crippen LogP contribution in [0, 0.1) is 13.8 Å². The second kappa shape index (κ2) is 4.98. The summed E-state index contributed by atoms with van der Waals surface area (Å²) in [6.07, 6.45) is 2.03. The smallest absolute Gasteiger partial charge is 0.321 e. The standard InChI is InChI=1S/C16H18N2O3/c1-10-6-11(2)8-12(7-10)9-13-17-14(21-18-13)16(4-5-16)15(19)20-3/h6-8H,4-5,9H2,1-3H3. The second-order valence-corrected chi connectivity index (χ2v) is 5.76. The Kier molecular flexibility index (Phi) is 3.27. The third kappa shape index (κ3) is 2.55. The van der Waals surface area contributed by atoms with Gasteiger partial charge in [-0.25, -0.2) is 0 Å². The predicted molar refractivity (Wildman–Crippen MR) is 75.9 cm³/mol. The van der Waals surface area contributed by atoms with Crippen LogP contribution < -0.4 is 0 Å². The van der Waals surface area contributed by atoms with Gasteiger partial charge in [0.25, 0.3) is 0 Å². The molecule has 0 aliphatic heterocycles. The van der Waals surface area contributed by atoms with Gasteiger partial charge in [0.1, 0.15) is 5.41 Å². The fourth-order valence-corrected chi connectivity index (χ4v) is 2.70. The summed E-state index contributed by atoms with van der Waals surface area (Å²) in [6, 6.07) is 6.34. The Labute approximate surface area is 123 Å². The van der Waals surface area contributed by atoms with E-state index < -0.39 is 5.41 Å². The van der Waals surface area contributed by atoms with Crippen LogP contribution in [0.5, 0.6) is 0 Å². The number of rotatable bonds is 4. The van der Waals surface area contributed by atoms with Gasteiger partial charge in [0, 0.05) is 6.42 Å². The molecule has 0 amide bonds. The highest BCUT2D eigenvalue weighted by molar-refractivity contribution is 5.85. The summed E-state index contributed by atoms with van der Waals surface area (Å²) in [4.78, 5) is 16.2. The van der Waals surface area contributed by atoms with Gasteiger partial charge in [-0.15, -0.1) is 0 Å². The van der Waals surface area contributed by atoms with Crippen molar-refractivity contribution < 1.29 is 14.1 Å². The summed E-state index contributed by atoms with van der Waals surface area (Å²) in [5.74, 6) is 0.697. The van der Waals surface area contributed by atoms with Gasteiger partial charge in [-0.05, 0) is 32.3 Å². The molecule has 0 unspecified atom stereocenters. The number of nitrogens with zero attached hydrogens (tertiary/aromatic N) is 2. The summed E-state index contributed by atoms with van der Waals surface area (Å²) >= 11 is 0. The molecule has 0 radical (unpaired) electrons. The van der Waals surface area contributed by atoms with E-state index in [1.54, 1.807) is 0 Å². The van der Waals surface area contributed by atoms with E-state index >= 15 is 0 Å². The average molecular weight is 286 g/mol. The molecule has 1 aromatic carbocycles. The molecule has 1 aromatic heterocycles. The Morgan fingerprint density at radius 1 is 1.29 bits per heavy atom. The summed E-state index contributed by atoms with van der Waals surface area (Å²) < 4.78 is 10.1. The number of methoxy groups -OCH3 is 1. The Morgan fingerprint density at radius 2 is 1.95 bits per heavy atom. The first kappa shape index (κ1) is 13.8. The van der Waals surface area contributed by atoms with E-state index in [4.69, 9.17) is 9.26 Å². The lowest BCUT2D eigenvalue weighted by molar-refractivity contribution is -0.144. The second-order valence-electron chi connectivity index (χ2n) is 5.76. The molecular weight excluding hydrogens is 268 g/mol. The third-order valence-electron chi connectivity index (χ3n) is 3.85. The van der Waals surface area contributed by atoms with Gasteiger partial charge in [-0.2, -0.15) is 4.98 Å². The highest BCUT2D eigenvalue weighted by Crippen LogP contribution is 2.48. The minimum Gasteiger partial charge on any atom is -0.468 e. The van der Waals surface area contributed by atoms with Crippen molar-refractivity contribution in [2.75, 3.05) is 7.11 Å². The predicted octanol–water partition coefficient (Wildman–Crippen LogP) is 2.48. The molecule has 1 heterocycles. The maximum Gasteiger partial charge on any atom is 0.321 e. The van der Waals surface area contributed by atoms with Crippen LogP contribution in [0.25, 0.3) is 0 Å². The minimum atomic E-state index is -0.692. The molecular formula is C16H18N2O3. The molecule has 1 aliphatic carbocycles. The molecule has 5 nitrogen and oxygen atoms in total. The Hall–Kier alpha value is -2.17. The van der Waals surface area contributed by atoms with Gasteiger partial charge in [0.15, 0.2) is 5.82 Å². The zero-order valence-electron chi connectivity index (χ0n) is 12.5. The number of aryl methyl sites for hydroxylation is 2. The molecule has 0 spiro atoms. The van der Waals surface area contributed by atoms with E-state index in [0.717, 1.165) is 5.56 Å². The van der Waals surface area contributed by atoms with Crippen molar-refractivity contribution in [3.05, 3.63) is 46.6 Å². The van der Waals surface area contributed by atoms with Gasteiger partial charge in [-0.1, -0.05) is 34.5 Å². The number of hydrogen-bond acceptors (Lipinski definition) is 5. The summed E-state index contributed by atoms with van der Waals surface area (Å²) in [5, 5.41) is 4.00. The largest absolute Gasteiger partial charge is 0.468 e. The number of ether oxygens (including phenoxy) is 1. The highest BCUT2D eigenvalue weighted by atomic mass is 16.5. The van der Waals surface area contributed by atoms with Crippen LogP contribution >= 0.6 is 0 Å². The molecule has 5 heteroatoms. The molecule has 1 aliphatic rings. The van der Waals surface area contributed by atoms with Crippen molar-refractivity contribution in [3.63, 3.8) is 0 Å². The van der Waals surface area contributed by atoms with Crippen molar-refractivity contribution in [1.82, 2.24) is 10.1 Å². The van der Waals surface area contributed by atoms with Gasteiger partial charge in [0.2, 0.25) is 5.89 Å². The molecule has 0 atom stereocenters. The number of hydrogen-bond donors (Lipinski definition) is 0. The lowest BCUT2D eigenvalue weighted by Gasteiger charge is -2.05. The van der Waals surface area contributed by atoms with Crippen LogP contribution in [0.3, 0.4) is 0 Å². The van der Waals surface area contributed by atoms with Crippen LogP contribution in [-0.2, 0) is 21.4 Å². The van der Waals surface area contributed by atoms with Gasteiger partial charge < -0.3 is 9.26 Å². The minimum absolute atomic E-state index is 0.288. The fourth-order valence-electron chi connectivity index (χ4n) is 2.70. The lowest BCUT2D eigenvalue weighted by Crippen LogP contribution is -2.22. The Bertz CT molecular complexity index is 666. The summed E-state index contributed by atoms with van der Waals surface area (Å²) in [6.45, 7) is 4.13. The third-order valence-corrected chi connectivity index (χ3v) is 3.85. The van der Waals surface area contributed by atoms with Gasteiger partial charge >= 0.3 is 5.97 Å². The Balaban J connectivity index is 1.81. The van der Waals surface area contributed by atoms with Gasteiger partial charge in [0.05, 0.1) is 7.11 Å². The van der Waals surface area contributed by atoms with E-state index in [0.29, 0.717) is 31.0 Å². The number of aromatic nitrogens is 2. The maximum atomic E-state index is 11.8. The first-order valence-corrected chi connectivity index (χ1v) is 7.02. The molecule has 0 bridgehead atoms. The topological polar surface area (TPSA) is 65.2 Å². The van der Waals surface area contributed by atoms with Gasteiger partial charge in [-0.3, -0.25) is 4.79 Å². The monoisotopic (exact) mass is 286 g/mol. The Morgan fingerprint density at radius 3 is 2.52 bits per heavy atom. The summed E-state index contributed by atoms with van der Waals surface area (Å²) in [7, 11) is 1.38. The molecule has 3 rings (SSSR count). The van der Waals surface area contributed by atoms with Crippen LogP contribution in [0.4, 0.5) is 0 Å². The summed E-state index contributed by atoms with van der Waals surface area (Å²) in [5.41, 5.74) is 2.87. The van der Waals surface area contributed by atoms with E-state index in [1.807, 2.05) is 0 Å². The molecule has 2 aromatic rings. The van der Waals surface area contributed by atoms with Crippen LogP contribution in [-0.4, -0.2) is 23.2 Å². The van der Waals surface area contributed by atoms with E-state index in [9.17, 15) is 4.79 Å². The molecule has 1 fully saturated rings. The molecule has 1 saturated carbocycles. The molecule has 0 saturated heterocycles. The van der Waals surface area contributed by atoms with Crippen LogP contribution in [0.1, 0.15) is 41.2 Å². The SMILES string of the molecule is COC(=O)C1(c2nc(Cc3cc(C)cc(C)c3)no2)CC1. The first-order valence-electron chi connectivity index (χ1n) is 7.02. The number of benzene rings is 1. The zero-order chi connectivity index (χ0) is 15.0. The van der Waals surface area contributed by atoms with Crippen molar-refractivity contribution in [1.29, 1.82) is 0 Å². The lowest BCUT2D eigenvalue weighted by atomic mass is 10.0. The van der Waals surface area contributed by atoms with Crippen LogP contribution in [0.15, 0.2) is 22.7 Å². The van der Waals surface area contributed by atoms with Crippen LogP contribution in [0.2, 0.25) is 0 Å². The van der Waals surface area contributed by atoms with Crippen molar-refractivity contribution in [2.24, 2.45) is 0 Å². The number of carbonyl (C=O) groups excluding carboxylic acids is 1. The first-order chi connectivity index (χ1) is 10.0. The molecule has 0 N–H and O–H groups in total. The quantitative estimate of drug-likeness (QED) is 0.808. The van der Waals surface area contributed by atoms with E-state index in [2.05, 4.69) is 42.2 Å². The van der Waals surface area contributed by atoms with Crippen molar-refractivity contribution in [3.8, 4) is 0 Å². The van der Waals surface area contributed by atoms with E-state index in [1.165, 1.54) is 18.2 Å². The molecule has 21 heavy (non-hydrogen) atoms. The number of carbonyl (C=O) groups is 1. The maximum absolute atomic E-state index is 11.8. The zero-order valence-corrected chi connectivity index (χ0v) is 12.5. The fraction of sp³-hybridized carbons (Fsp3) is 0.438. The van der Waals surface area contributed by atoms with Crippen molar-refractivity contribution in [2.45, 2.75) is 38.5 Å².